The topological polar surface area (TPSA) is 34.1 Å². The van der Waals surface area contributed by atoms with Gasteiger partial charge in [0.15, 0.2) is 0 Å². The van der Waals surface area contributed by atoms with Crippen molar-refractivity contribution in [1.82, 2.24) is 4.98 Å². The molecular formula is C11H13BrN2O. The predicted octanol–water partition coefficient (Wildman–Crippen LogP) is 2.56. The molecule has 0 bridgehead atoms. The first-order valence-corrected chi connectivity index (χ1v) is 5.95. The number of methoxy groups -OCH3 is 1. The fourth-order valence-corrected chi connectivity index (χ4v) is 3.14. The number of fused-ring (bicyclic) bond motifs is 2. The van der Waals surface area contributed by atoms with E-state index in [1.54, 1.807) is 13.3 Å². The third kappa shape index (κ3) is 1.08. The molecule has 80 valence electrons. The van der Waals surface area contributed by atoms with Crippen LogP contribution in [-0.2, 0) is 5.41 Å². The average Bonchev–Trinajstić information content (AvgIpc) is 2.71. The number of hydrogen-bond donors (Lipinski definition) is 1. The van der Waals surface area contributed by atoms with E-state index in [9.17, 15) is 0 Å². The molecule has 0 saturated heterocycles. The Labute approximate surface area is 97.4 Å². The van der Waals surface area contributed by atoms with Crippen molar-refractivity contribution in [3.63, 3.8) is 0 Å². The summed E-state index contributed by atoms with van der Waals surface area (Å²) in [6.45, 7) is 3.29. The van der Waals surface area contributed by atoms with Crippen LogP contribution in [0, 0.1) is 5.92 Å². The maximum atomic E-state index is 5.48. The third-order valence-corrected chi connectivity index (χ3v) is 4.28. The van der Waals surface area contributed by atoms with Crippen molar-refractivity contribution in [2.24, 2.45) is 5.92 Å². The van der Waals surface area contributed by atoms with Crippen LogP contribution in [0.4, 0.5) is 5.82 Å². The van der Waals surface area contributed by atoms with E-state index in [1.165, 1.54) is 12.0 Å². The molecule has 0 aromatic carbocycles. The van der Waals surface area contributed by atoms with Crippen LogP contribution in [0.1, 0.15) is 18.9 Å². The van der Waals surface area contributed by atoms with Crippen LogP contribution in [0.25, 0.3) is 0 Å². The summed E-state index contributed by atoms with van der Waals surface area (Å²) in [5.74, 6) is 2.69. The number of aromatic nitrogens is 1. The Kier molecular flexibility index (Phi) is 1.81. The van der Waals surface area contributed by atoms with E-state index in [2.05, 4.69) is 33.2 Å². The smallest absolute Gasteiger partial charge is 0.142 e. The monoisotopic (exact) mass is 268 g/mol. The quantitative estimate of drug-likeness (QED) is 0.850. The molecule has 1 aliphatic carbocycles. The van der Waals surface area contributed by atoms with Gasteiger partial charge in [-0.15, -0.1) is 0 Å². The largest absolute Gasteiger partial charge is 0.495 e. The van der Waals surface area contributed by atoms with Crippen LogP contribution < -0.4 is 10.1 Å². The minimum atomic E-state index is 0.289. The maximum Gasteiger partial charge on any atom is 0.142 e. The van der Waals surface area contributed by atoms with E-state index in [0.29, 0.717) is 0 Å². The Hall–Kier alpha value is -0.770. The van der Waals surface area contributed by atoms with Gasteiger partial charge in [-0.1, -0.05) is 6.92 Å². The molecule has 1 aliphatic heterocycles. The van der Waals surface area contributed by atoms with Crippen molar-refractivity contribution >= 4 is 21.7 Å². The van der Waals surface area contributed by atoms with Gasteiger partial charge in [0.1, 0.15) is 11.6 Å². The standard InChI is InChI=1S/C11H13BrN2O/c1-6-3-11(6)5-14-10-8(11)9(15-2)7(12)4-13-10/h4,6H,3,5H2,1-2H3,(H,13,14)/t6-,11+/m0/s1. The van der Waals surface area contributed by atoms with Crippen LogP contribution in [0.2, 0.25) is 0 Å². The molecule has 2 atom stereocenters. The number of hydrogen-bond acceptors (Lipinski definition) is 3. The van der Waals surface area contributed by atoms with Gasteiger partial charge in [0, 0.05) is 23.7 Å². The van der Waals surface area contributed by atoms with Crippen molar-refractivity contribution in [1.29, 1.82) is 0 Å². The van der Waals surface area contributed by atoms with Gasteiger partial charge in [0.05, 0.1) is 11.6 Å². The van der Waals surface area contributed by atoms with Crippen molar-refractivity contribution in [3.8, 4) is 5.75 Å². The molecule has 3 nitrogen and oxygen atoms in total. The lowest BCUT2D eigenvalue weighted by Gasteiger charge is -2.13. The molecule has 1 spiro atoms. The Morgan fingerprint density at radius 2 is 2.40 bits per heavy atom. The normalized spacial score (nSPS) is 31.3. The number of ether oxygens (including phenoxy) is 1. The third-order valence-electron chi connectivity index (χ3n) is 3.71. The van der Waals surface area contributed by atoms with Crippen LogP contribution in [-0.4, -0.2) is 18.6 Å². The number of pyridine rings is 1. The second-order valence-corrected chi connectivity index (χ2v) is 5.33. The van der Waals surface area contributed by atoms with E-state index < -0.39 is 0 Å². The first-order valence-electron chi connectivity index (χ1n) is 5.16. The SMILES string of the molecule is COc1c(Br)cnc2c1[C@@]1(CN2)C[C@@H]1C. The molecule has 0 unspecified atom stereocenters. The van der Waals surface area contributed by atoms with Gasteiger partial charge in [0.25, 0.3) is 0 Å². The van der Waals surface area contributed by atoms with Crippen LogP contribution >= 0.6 is 15.9 Å². The van der Waals surface area contributed by atoms with Crippen LogP contribution in [0.5, 0.6) is 5.75 Å². The second kappa shape index (κ2) is 2.88. The number of anilines is 1. The van der Waals surface area contributed by atoms with E-state index in [0.717, 1.165) is 28.5 Å². The molecule has 1 N–H and O–H groups in total. The summed E-state index contributed by atoms with van der Waals surface area (Å²) in [6, 6.07) is 0. The molecule has 3 rings (SSSR count). The van der Waals surface area contributed by atoms with Gasteiger partial charge in [-0.2, -0.15) is 0 Å². The number of nitrogens with zero attached hydrogens (tertiary/aromatic N) is 1. The molecule has 0 radical (unpaired) electrons. The first kappa shape index (κ1) is 9.46. The van der Waals surface area contributed by atoms with Gasteiger partial charge < -0.3 is 10.1 Å². The summed E-state index contributed by atoms with van der Waals surface area (Å²) in [5, 5.41) is 3.37. The molecule has 1 fully saturated rings. The molecule has 4 heteroatoms. The highest BCUT2D eigenvalue weighted by atomic mass is 79.9. The van der Waals surface area contributed by atoms with Crippen molar-refractivity contribution in [3.05, 3.63) is 16.2 Å². The van der Waals surface area contributed by atoms with Crippen molar-refractivity contribution in [2.45, 2.75) is 18.8 Å². The summed E-state index contributed by atoms with van der Waals surface area (Å²) < 4.78 is 6.43. The molecule has 15 heavy (non-hydrogen) atoms. The summed E-state index contributed by atoms with van der Waals surface area (Å²) in [6.07, 6.45) is 3.04. The zero-order valence-electron chi connectivity index (χ0n) is 8.80. The highest BCUT2D eigenvalue weighted by Crippen LogP contribution is 2.61. The Morgan fingerprint density at radius 3 is 3.00 bits per heavy atom. The van der Waals surface area contributed by atoms with Gasteiger partial charge in [-0.25, -0.2) is 4.98 Å². The number of nitrogens with one attached hydrogen (secondary N) is 1. The molecule has 0 amide bonds. The molecule has 1 aromatic heterocycles. The van der Waals surface area contributed by atoms with Crippen LogP contribution in [0.3, 0.4) is 0 Å². The first-order chi connectivity index (χ1) is 7.19. The molecule has 1 aromatic rings. The van der Waals surface area contributed by atoms with E-state index in [1.807, 2.05) is 0 Å². The Bertz CT molecular complexity index is 435. The maximum absolute atomic E-state index is 5.48. The van der Waals surface area contributed by atoms with Gasteiger partial charge in [-0.05, 0) is 28.3 Å². The second-order valence-electron chi connectivity index (χ2n) is 4.48. The highest BCUT2D eigenvalue weighted by Gasteiger charge is 2.58. The van der Waals surface area contributed by atoms with Gasteiger partial charge in [0.2, 0.25) is 0 Å². The minimum Gasteiger partial charge on any atom is -0.495 e. The molecular weight excluding hydrogens is 256 g/mol. The zero-order valence-corrected chi connectivity index (χ0v) is 10.4. The van der Waals surface area contributed by atoms with Gasteiger partial charge in [-0.3, -0.25) is 0 Å². The van der Waals surface area contributed by atoms with E-state index >= 15 is 0 Å². The highest BCUT2D eigenvalue weighted by molar-refractivity contribution is 9.10. The molecule has 2 aliphatic rings. The average molecular weight is 269 g/mol. The lowest BCUT2D eigenvalue weighted by Crippen LogP contribution is -2.12. The van der Waals surface area contributed by atoms with E-state index in [-0.39, 0.29) is 5.41 Å². The summed E-state index contributed by atoms with van der Waals surface area (Å²) in [7, 11) is 1.72. The van der Waals surface area contributed by atoms with Crippen molar-refractivity contribution < 1.29 is 4.74 Å². The lowest BCUT2D eigenvalue weighted by molar-refractivity contribution is 0.402. The fraction of sp³-hybridized carbons (Fsp3) is 0.545. The number of rotatable bonds is 1. The van der Waals surface area contributed by atoms with Crippen LogP contribution in [0.15, 0.2) is 10.7 Å². The summed E-state index contributed by atoms with van der Waals surface area (Å²) in [5.41, 5.74) is 1.56. The minimum absolute atomic E-state index is 0.289. The van der Waals surface area contributed by atoms with E-state index in [4.69, 9.17) is 4.74 Å². The Morgan fingerprint density at radius 1 is 1.67 bits per heavy atom. The fourth-order valence-electron chi connectivity index (χ4n) is 2.68. The van der Waals surface area contributed by atoms with Crippen molar-refractivity contribution in [2.75, 3.05) is 19.0 Å². The molecule has 2 heterocycles. The lowest BCUT2D eigenvalue weighted by atomic mass is 9.97. The summed E-state index contributed by atoms with van der Waals surface area (Å²) >= 11 is 3.49. The molecule has 1 saturated carbocycles. The summed E-state index contributed by atoms with van der Waals surface area (Å²) in [4.78, 5) is 4.40. The number of halogens is 1. The Balaban J connectivity index is 2.21. The van der Waals surface area contributed by atoms with Gasteiger partial charge >= 0.3 is 0 Å². The predicted molar refractivity (Wildman–Crippen MR) is 62.4 cm³/mol. The zero-order chi connectivity index (χ0) is 10.6.